The number of rotatable bonds is 3. The van der Waals surface area contributed by atoms with E-state index in [1.807, 2.05) is 0 Å². The number of aromatic nitrogens is 3. The second kappa shape index (κ2) is 4.79. The van der Waals surface area contributed by atoms with E-state index >= 15 is 0 Å². The zero-order chi connectivity index (χ0) is 13.3. The molecule has 0 aliphatic rings. The lowest BCUT2D eigenvalue weighted by atomic mass is 10.5. The molecule has 0 bridgehead atoms. The summed E-state index contributed by atoms with van der Waals surface area (Å²) in [6.45, 7) is 3.42. The van der Waals surface area contributed by atoms with Crippen molar-refractivity contribution in [3.63, 3.8) is 0 Å². The molecule has 6 nitrogen and oxygen atoms in total. The summed E-state index contributed by atoms with van der Waals surface area (Å²) < 4.78 is 26.3. The predicted octanol–water partition coefficient (Wildman–Crippen LogP) is 2.00. The summed E-state index contributed by atoms with van der Waals surface area (Å²) >= 11 is 6.81. The number of sulfonamides is 1. The van der Waals surface area contributed by atoms with Crippen molar-refractivity contribution in [1.29, 1.82) is 0 Å². The van der Waals surface area contributed by atoms with Gasteiger partial charge in [-0.2, -0.15) is 0 Å². The predicted molar refractivity (Wildman–Crippen MR) is 69.4 cm³/mol. The van der Waals surface area contributed by atoms with Crippen LogP contribution in [-0.4, -0.2) is 23.4 Å². The molecule has 0 aromatic carbocycles. The van der Waals surface area contributed by atoms with Crippen LogP contribution in [0.25, 0.3) is 0 Å². The first-order valence-electron chi connectivity index (χ1n) is 4.83. The van der Waals surface area contributed by atoms with Crippen LogP contribution in [0.15, 0.2) is 16.5 Å². The van der Waals surface area contributed by atoms with E-state index in [0.29, 0.717) is 10.7 Å². The highest BCUT2D eigenvalue weighted by molar-refractivity contribution is 7.94. The van der Waals surface area contributed by atoms with E-state index in [1.165, 1.54) is 12.3 Å². The third-order valence-electron chi connectivity index (χ3n) is 1.91. The van der Waals surface area contributed by atoms with E-state index in [1.54, 1.807) is 13.8 Å². The lowest BCUT2D eigenvalue weighted by molar-refractivity contribution is 0.602. The van der Waals surface area contributed by atoms with Gasteiger partial charge in [-0.1, -0.05) is 11.6 Å². The van der Waals surface area contributed by atoms with Crippen molar-refractivity contribution in [2.24, 2.45) is 0 Å². The van der Waals surface area contributed by atoms with Crippen molar-refractivity contribution in [2.75, 3.05) is 4.72 Å². The molecule has 0 fully saturated rings. The first-order valence-corrected chi connectivity index (χ1v) is 7.51. The highest BCUT2D eigenvalue weighted by Gasteiger charge is 2.18. The molecule has 9 heteroatoms. The lowest BCUT2D eigenvalue weighted by Crippen LogP contribution is -2.14. The maximum absolute atomic E-state index is 12.0. The van der Waals surface area contributed by atoms with Crippen molar-refractivity contribution >= 4 is 38.9 Å². The van der Waals surface area contributed by atoms with Crippen LogP contribution in [0.2, 0.25) is 5.15 Å². The number of nitrogens with one attached hydrogen (secondary N) is 1. The Balaban J connectivity index is 2.33. The molecule has 0 aliphatic heterocycles. The Bertz CT molecular complexity index is 663. The van der Waals surface area contributed by atoms with Gasteiger partial charge >= 0.3 is 0 Å². The van der Waals surface area contributed by atoms with Crippen LogP contribution in [0.4, 0.5) is 5.95 Å². The first kappa shape index (κ1) is 13.2. The summed E-state index contributed by atoms with van der Waals surface area (Å²) in [5.41, 5.74) is 0.577. The van der Waals surface area contributed by atoms with Crippen LogP contribution in [0.1, 0.15) is 10.7 Å². The molecule has 2 aromatic rings. The van der Waals surface area contributed by atoms with Crippen LogP contribution in [0, 0.1) is 13.8 Å². The number of thiazole rings is 1. The molecule has 0 atom stereocenters. The third kappa shape index (κ3) is 2.95. The van der Waals surface area contributed by atoms with Crippen molar-refractivity contribution in [3.8, 4) is 0 Å². The molecule has 18 heavy (non-hydrogen) atoms. The maximum Gasteiger partial charge on any atom is 0.275 e. The van der Waals surface area contributed by atoms with Gasteiger partial charge in [-0.15, -0.1) is 11.3 Å². The number of hydrogen-bond acceptors (Lipinski definition) is 6. The molecule has 0 spiro atoms. The van der Waals surface area contributed by atoms with Gasteiger partial charge in [-0.3, -0.25) is 0 Å². The monoisotopic (exact) mass is 304 g/mol. The molecule has 0 unspecified atom stereocenters. The average Bonchev–Trinajstić information content (AvgIpc) is 2.62. The van der Waals surface area contributed by atoms with E-state index < -0.39 is 10.0 Å². The molecule has 0 amide bonds. The molecule has 2 heterocycles. The Morgan fingerprint density at radius 2 is 2.06 bits per heavy atom. The van der Waals surface area contributed by atoms with E-state index in [0.717, 1.165) is 11.3 Å². The Morgan fingerprint density at radius 1 is 1.33 bits per heavy atom. The van der Waals surface area contributed by atoms with Crippen LogP contribution in [-0.2, 0) is 10.0 Å². The summed E-state index contributed by atoms with van der Waals surface area (Å²) in [6.07, 6.45) is 1.29. The van der Waals surface area contributed by atoms with Gasteiger partial charge in [0.2, 0.25) is 5.95 Å². The summed E-state index contributed by atoms with van der Waals surface area (Å²) in [5, 5.41) is 0.847. The van der Waals surface area contributed by atoms with E-state index in [4.69, 9.17) is 11.6 Å². The van der Waals surface area contributed by atoms with E-state index in [2.05, 4.69) is 19.7 Å². The molecule has 0 aliphatic carbocycles. The summed E-state index contributed by atoms with van der Waals surface area (Å²) in [4.78, 5) is 11.6. The maximum atomic E-state index is 12.0. The number of aryl methyl sites for hydroxylation is 2. The normalized spacial score (nSPS) is 11.5. The van der Waals surface area contributed by atoms with E-state index in [9.17, 15) is 8.42 Å². The van der Waals surface area contributed by atoms with Crippen molar-refractivity contribution in [1.82, 2.24) is 15.0 Å². The van der Waals surface area contributed by atoms with Crippen LogP contribution in [0.5, 0.6) is 0 Å². The molecule has 2 aromatic heterocycles. The molecular weight excluding hydrogens is 296 g/mol. The summed E-state index contributed by atoms with van der Waals surface area (Å²) in [6, 6.07) is 1.54. The van der Waals surface area contributed by atoms with Crippen molar-refractivity contribution < 1.29 is 8.42 Å². The van der Waals surface area contributed by atoms with Gasteiger partial charge in [0.25, 0.3) is 10.0 Å². The second-order valence-corrected chi connectivity index (χ2v) is 6.99. The number of halogens is 1. The smallest absolute Gasteiger partial charge is 0.249 e. The van der Waals surface area contributed by atoms with Gasteiger partial charge < -0.3 is 0 Å². The Morgan fingerprint density at radius 3 is 2.61 bits per heavy atom. The zero-order valence-corrected chi connectivity index (χ0v) is 11.9. The number of nitrogens with zero attached hydrogens (tertiary/aromatic N) is 3. The van der Waals surface area contributed by atoms with Gasteiger partial charge in [0, 0.05) is 5.69 Å². The standard InChI is InChI=1S/C9H9ClN4O2S2/c1-5-3-7(10)13-9(12-5)14-18(15,16)8-4-11-6(2)17-8/h3-4H,1-2H3,(H,12,13,14). The summed E-state index contributed by atoms with van der Waals surface area (Å²) in [7, 11) is -3.70. The number of anilines is 1. The molecule has 2 rings (SSSR count). The van der Waals surface area contributed by atoms with Crippen LogP contribution < -0.4 is 4.72 Å². The van der Waals surface area contributed by atoms with Gasteiger partial charge in [0.05, 0.1) is 11.2 Å². The van der Waals surface area contributed by atoms with Crippen molar-refractivity contribution in [3.05, 3.63) is 28.1 Å². The van der Waals surface area contributed by atoms with Crippen LogP contribution >= 0.6 is 22.9 Å². The van der Waals surface area contributed by atoms with Crippen LogP contribution in [0.3, 0.4) is 0 Å². The SMILES string of the molecule is Cc1cc(Cl)nc(NS(=O)(=O)c2cnc(C)s2)n1. The first-order chi connectivity index (χ1) is 8.37. The molecule has 0 saturated carbocycles. The minimum atomic E-state index is -3.70. The summed E-state index contributed by atoms with van der Waals surface area (Å²) in [5.74, 6) is -0.0500. The molecule has 0 saturated heterocycles. The minimum absolute atomic E-state index is 0.0500. The Kier molecular flexibility index (Phi) is 3.51. The Labute approximate surface area is 113 Å². The minimum Gasteiger partial charge on any atom is -0.249 e. The fourth-order valence-corrected chi connectivity index (χ4v) is 3.50. The Hall–Kier alpha value is -1.25. The zero-order valence-electron chi connectivity index (χ0n) is 9.51. The van der Waals surface area contributed by atoms with Gasteiger partial charge in [0.1, 0.15) is 5.15 Å². The topological polar surface area (TPSA) is 84.8 Å². The third-order valence-corrected chi connectivity index (χ3v) is 4.81. The highest BCUT2D eigenvalue weighted by atomic mass is 35.5. The largest absolute Gasteiger partial charge is 0.275 e. The number of hydrogen-bond donors (Lipinski definition) is 1. The highest BCUT2D eigenvalue weighted by Crippen LogP contribution is 2.20. The second-order valence-electron chi connectivity index (χ2n) is 3.46. The van der Waals surface area contributed by atoms with Gasteiger partial charge in [-0.05, 0) is 19.9 Å². The van der Waals surface area contributed by atoms with Gasteiger partial charge in [-0.25, -0.2) is 28.1 Å². The van der Waals surface area contributed by atoms with E-state index in [-0.39, 0.29) is 15.3 Å². The lowest BCUT2D eigenvalue weighted by Gasteiger charge is -2.05. The molecule has 0 radical (unpaired) electrons. The van der Waals surface area contributed by atoms with Crippen molar-refractivity contribution in [2.45, 2.75) is 18.1 Å². The fraction of sp³-hybridized carbons (Fsp3) is 0.222. The molecule has 96 valence electrons. The quantitative estimate of drug-likeness (QED) is 0.877. The molecule has 1 N–H and O–H groups in total. The molecular formula is C9H9ClN4O2S2. The fourth-order valence-electron chi connectivity index (χ4n) is 1.21. The average molecular weight is 305 g/mol. The van der Waals surface area contributed by atoms with Gasteiger partial charge in [0.15, 0.2) is 4.21 Å².